The highest BCUT2D eigenvalue weighted by Crippen LogP contribution is 2.37. The summed E-state index contributed by atoms with van der Waals surface area (Å²) < 4.78 is 10.8. The average molecular weight is 427 g/mol. The lowest BCUT2D eigenvalue weighted by Crippen LogP contribution is -2.51. The highest BCUT2D eigenvalue weighted by Gasteiger charge is 2.42. The number of nitrogens with one attached hydrogen (secondary N) is 1. The van der Waals surface area contributed by atoms with Crippen LogP contribution in [0.4, 0.5) is 0 Å². The summed E-state index contributed by atoms with van der Waals surface area (Å²) in [6.07, 6.45) is 5.55. The van der Waals surface area contributed by atoms with E-state index in [-0.39, 0.29) is 17.7 Å². The van der Waals surface area contributed by atoms with Crippen LogP contribution in [0.3, 0.4) is 0 Å². The van der Waals surface area contributed by atoms with Gasteiger partial charge >= 0.3 is 0 Å². The van der Waals surface area contributed by atoms with E-state index in [4.69, 9.17) is 9.26 Å². The minimum Gasteiger partial charge on any atom is -0.493 e. The summed E-state index contributed by atoms with van der Waals surface area (Å²) in [4.78, 5) is 32.0. The summed E-state index contributed by atoms with van der Waals surface area (Å²) in [6.45, 7) is 3.21. The van der Waals surface area contributed by atoms with Crippen molar-refractivity contribution in [2.45, 2.75) is 57.4 Å². The van der Waals surface area contributed by atoms with E-state index in [1.165, 1.54) is 0 Å². The predicted octanol–water partition coefficient (Wildman–Crippen LogP) is 2.97. The zero-order valence-corrected chi connectivity index (χ0v) is 18.0. The summed E-state index contributed by atoms with van der Waals surface area (Å²) in [5.41, 5.74) is -0.551. The third-order valence-electron chi connectivity index (χ3n) is 6.25. The molecule has 2 amide bonds. The highest BCUT2D eigenvalue weighted by molar-refractivity contribution is 5.82. The number of carbonyl (C=O) groups is 2. The van der Waals surface area contributed by atoms with E-state index in [0.29, 0.717) is 37.8 Å². The Kier molecular flexibility index (Phi) is 6.53. The number of carbonyl (C=O) groups excluding carboxylic acids is 2. The van der Waals surface area contributed by atoms with Gasteiger partial charge in [-0.25, -0.2) is 0 Å². The van der Waals surface area contributed by atoms with Crippen LogP contribution in [0.25, 0.3) is 0 Å². The molecule has 8 nitrogen and oxygen atoms in total. The van der Waals surface area contributed by atoms with Crippen LogP contribution < -0.4 is 10.1 Å². The fourth-order valence-corrected chi connectivity index (χ4v) is 4.56. The van der Waals surface area contributed by atoms with Crippen molar-refractivity contribution in [3.8, 4) is 5.75 Å². The fourth-order valence-electron chi connectivity index (χ4n) is 4.56. The number of aromatic nitrogens is 2. The monoisotopic (exact) mass is 426 g/mol. The molecule has 2 heterocycles. The third-order valence-corrected chi connectivity index (χ3v) is 6.25. The number of para-hydroxylation sites is 1. The second-order valence-corrected chi connectivity index (χ2v) is 8.51. The predicted molar refractivity (Wildman–Crippen MR) is 113 cm³/mol. The molecule has 8 heteroatoms. The summed E-state index contributed by atoms with van der Waals surface area (Å²) in [7, 11) is 0. The summed E-state index contributed by atoms with van der Waals surface area (Å²) in [6, 6.07) is 9.47. The molecule has 1 aromatic heterocycles. The average Bonchev–Trinajstić information content (AvgIpc) is 3.44. The lowest BCUT2D eigenvalue weighted by molar-refractivity contribution is -0.136. The van der Waals surface area contributed by atoms with Crippen LogP contribution in [0.2, 0.25) is 0 Å². The minimum absolute atomic E-state index is 0.0256. The Morgan fingerprint density at radius 1 is 1.23 bits per heavy atom. The van der Waals surface area contributed by atoms with Gasteiger partial charge in [0.2, 0.25) is 17.7 Å². The van der Waals surface area contributed by atoms with Gasteiger partial charge in [-0.15, -0.1) is 0 Å². The van der Waals surface area contributed by atoms with E-state index < -0.39 is 5.54 Å². The molecule has 1 aliphatic heterocycles. The van der Waals surface area contributed by atoms with Crippen molar-refractivity contribution in [2.75, 3.05) is 19.7 Å². The molecule has 1 unspecified atom stereocenters. The molecule has 0 radical (unpaired) electrons. The number of hydrogen-bond acceptors (Lipinski definition) is 6. The summed E-state index contributed by atoms with van der Waals surface area (Å²) in [5, 5.41) is 7.32. The van der Waals surface area contributed by atoms with E-state index in [1.807, 2.05) is 30.3 Å². The van der Waals surface area contributed by atoms with E-state index in [0.717, 1.165) is 44.3 Å². The Bertz CT molecular complexity index is 892. The number of ether oxygens (including phenoxy) is 1. The van der Waals surface area contributed by atoms with Gasteiger partial charge in [0.15, 0.2) is 5.82 Å². The number of hydrogen-bond donors (Lipinski definition) is 1. The van der Waals surface area contributed by atoms with E-state index in [9.17, 15) is 9.59 Å². The number of aryl methyl sites for hydroxylation is 1. The van der Waals surface area contributed by atoms with Crippen LogP contribution in [0, 0.1) is 12.8 Å². The van der Waals surface area contributed by atoms with Crippen molar-refractivity contribution in [1.82, 2.24) is 20.4 Å². The van der Waals surface area contributed by atoms with Gasteiger partial charge in [-0.2, -0.15) is 4.98 Å². The molecule has 1 aliphatic carbocycles. The van der Waals surface area contributed by atoms with Crippen LogP contribution in [-0.4, -0.2) is 46.6 Å². The molecule has 1 aromatic carbocycles. The van der Waals surface area contributed by atoms with Crippen molar-refractivity contribution in [3.63, 3.8) is 0 Å². The maximum absolute atomic E-state index is 13.1. The minimum atomic E-state index is -0.551. The standard InChI is InChI=1S/C23H30N4O4/c1-17-24-22(26-31-17)23(12-5-6-13-23)25-21(29)18-8-7-14-27(16-18)20(28)11-15-30-19-9-3-2-4-10-19/h2-4,9-10,18H,5-8,11-16H2,1H3,(H,25,29). The van der Waals surface area contributed by atoms with Gasteiger partial charge in [0.25, 0.3) is 0 Å². The van der Waals surface area contributed by atoms with Gasteiger partial charge in [0, 0.05) is 20.0 Å². The van der Waals surface area contributed by atoms with Crippen LogP contribution >= 0.6 is 0 Å². The van der Waals surface area contributed by atoms with E-state index in [1.54, 1.807) is 11.8 Å². The first-order valence-corrected chi connectivity index (χ1v) is 11.1. The number of rotatable bonds is 7. The molecular weight excluding hydrogens is 396 g/mol. The Labute approximate surface area is 182 Å². The first kappa shape index (κ1) is 21.3. The number of benzene rings is 1. The molecule has 2 aromatic rings. The number of likely N-dealkylation sites (tertiary alicyclic amines) is 1. The molecule has 0 spiro atoms. The molecule has 31 heavy (non-hydrogen) atoms. The van der Waals surface area contributed by atoms with Crippen LogP contribution in [0.5, 0.6) is 5.75 Å². The van der Waals surface area contributed by atoms with Crippen LogP contribution in [-0.2, 0) is 15.1 Å². The zero-order chi connectivity index (χ0) is 21.7. The second kappa shape index (κ2) is 9.49. The van der Waals surface area contributed by atoms with E-state index in [2.05, 4.69) is 15.5 Å². The zero-order valence-electron chi connectivity index (χ0n) is 18.0. The molecule has 1 saturated heterocycles. The van der Waals surface area contributed by atoms with Crippen LogP contribution in [0.1, 0.15) is 56.7 Å². The van der Waals surface area contributed by atoms with Gasteiger partial charge in [-0.1, -0.05) is 36.2 Å². The maximum Gasteiger partial charge on any atom is 0.226 e. The number of piperidine rings is 1. The molecule has 0 bridgehead atoms. The Morgan fingerprint density at radius 2 is 2.00 bits per heavy atom. The lowest BCUT2D eigenvalue weighted by atomic mass is 9.92. The van der Waals surface area contributed by atoms with Crippen molar-refractivity contribution in [3.05, 3.63) is 42.0 Å². The molecular formula is C23H30N4O4. The smallest absolute Gasteiger partial charge is 0.226 e. The van der Waals surface area contributed by atoms with Gasteiger partial charge in [-0.05, 0) is 37.8 Å². The van der Waals surface area contributed by atoms with Gasteiger partial charge in [0.05, 0.1) is 18.9 Å². The number of nitrogens with zero attached hydrogens (tertiary/aromatic N) is 3. The first-order chi connectivity index (χ1) is 15.1. The Balaban J connectivity index is 1.32. The fraction of sp³-hybridized carbons (Fsp3) is 0.565. The van der Waals surface area contributed by atoms with Crippen LogP contribution in [0.15, 0.2) is 34.9 Å². The van der Waals surface area contributed by atoms with Crippen molar-refractivity contribution < 1.29 is 18.8 Å². The maximum atomic E-state index is 13.1. The highest BCUT2D eigenvalue weighted by atomic mass is 16.5. The first-order valence-electron chi connectivity index (χ1n) is 11.1. The molecule has 1 N–H and O–H groups in total. The van der Waals surface area contributed by atoms with Gasteiger partial charge in [0.1, 0.15) is 11.3 Å². The van der Waals surface area contributed by atoms with Crippen molar-refractivity contribution in [1.29, 1.82) is 0 Å². The molecule has 1 atom stereocenters. The molecule has 2 fully saturated rings. The SMILES string of the molecule is Cc1nc(C2(NC(=O)C3CCCN(C(=O)CCOc4ccccc4)C3)CCCC2)no1. The molecule has 2 aliphatic rings. The van der Waals surface area contributed by atoms with Gasteiger partial charge < -0.3 is 19.5 Å². The molecule has 166 valence electrons. The molecule has 4 rings (SSSR count). The van der Waals surface area contributed by atoms with Crippen molar-refractivity contribution in [2.24, 2.45) is 5.92 Å². The summed E-state index contributed by atoms with van der Waals surface area (Å²) >= 11 is 0. The molecule has 1 saturated carbocycles. The normalized spacial score (nSPS) is 20.4. The van der Waals surface area contributed by atoms with E-state index >= 15 is 0 Å². The quantitative estimate of drug-likeness (QED) is 0.731. The topological polar surface area (TPSA) is 97.6 Å². The Hall–Kier alpha value is -2.90. The number of amides is 2. The second-order valence-electron chi connectivity index (χ2n) is 8.51. The Morgan fingerprint density at radius 3 is 2.71 bits per heavy atom. The largest absolute Gasteiger partial charge is 0.493 e. The van der Waals surface area contributed by atoms with Gasteiger partial charge in [-0.3, -0.25) is 9.59 Å². The van der Waals surface area contributed by atoms with Crippen molar-refractivity contribution >= 4 is 11.8 Å². The summed E-state index contributed by atoms with van der Waals surface area (Å²) in [5.74, 6) is 1.60. The lowest BCUT2D eigenvalue weighted by Gasteiger charge is -2.35. The third kappa shape index (κ3) is 5.06.